The van der Waals surface area contributed by atoms with E-state index in [2.05, 4.69) is 5.32 Å². The van der Waals surface area contributed by atoms with Gasteiger partial charge in [0.1, 0.15) is 0 Å². The lowest BCUT2D eigenvalue weighted by Gasteiger charge is -2.43. The molecule has 0 spiro atoms. The molecule has 0 aromatic carbocycles. The first-order chi connectivity index (χ1) is 5.89. The third-order valence-electron chi connectivity index (χ3n) is 1.95. The number of amides is 1. The highest BCUT2D eigenvalue weighted by Gasteiger charge is 2.36. The number of likely N-dealkylation sites (tertiary alicyclic amines) is 1. The van der Waals surface area contributed by atoms with Crippen LogP contribution in [0.1, 0.15) is 20.8 Å². The van der Waals surface area contributed by atoms with E-state index in [0.29, 0.717) is 19.6 Å². The van der Waals surface area contributed by atoms with Crippen LogP contribution in [0.4, 0.5) is 0 Å². The lowest BCUT2D eigenvalue weighted by Crippen LogP contribution is -2.61. The summed E-state index contributed by atoms with van der Waals surface area (Å²) in [4.78, 5) is 13.2. The van der Waals surface area contributed by atoms with Crippen molar-refractivity contribution in [1.82, 2.24) is 10.2 Å². The van der Waals surface area contributed by atoms with Gasteiger partial charge in [-0.2, -0.15) is 0 Å². The zero-order chi connectivity index (χ0) is 10.1. The maximum atomic E-state index is 11.2. The molecular weight excluding hydrogens is 168 g/mol. The first-order valence-corrected chi connectivity index (χ1v) is 4.63. The van der Waals surface area contributed by atoms with Crippen molar-refractivity contribution in [3.05, 3.63) is 0 Å². The lowest BCUT2D eigenvalue weighted by molar-refractivity contribution is -0.130. The number of hydrogen-bond acceptors (Lipinski definition) is 3. The van der Waals surface area contributed by atoms with Gasteiger partial charge in [-0.3, -0.25) is 9.69 Å². The van der Waals surface area contributed by atoms with Crippen LogP contribution in [0.3, 0.4) is 0 Å². The van der Waals surface area contributed by atoms with Gasteiger partial charge in [0.25, 0.3) is 0 Å². The molecule has 0 bridgehead atoms. The Labute approximate surface area is 78.9 Å². The Balaban J connectivity index is 2.17. The normalized spacial score (nSPS) is 21.3. The van der Waals surface area contributed by atoms with Gasteiger partial charge in [-0.1, -0.05) is 0 Å². The third-order valence-corrected chi connectivity index (χ3v) is 1.95. The highest BCUT2D eigenvalue weighted by Crippen LogP contribution is 2.18. The van der Waals surface area contributed by atoms with E-state index < -0.39 is 5.60 Å². The van der Waals surface area contributed by atoms with Crippen LogP contribution in [-0.2, 0) is 4.79 Å². The van der Waals surface area contributed by atoms with Crippen molar-refractivity contribution in [3.8, 4) is 0 Å². The van der Waals surface area contributed by atoms with Crippen LogP contribution in [0.25, 0.3) is 0 Å². The molecule has 1 fully saturated rings. The molecule has 1 aliphatic rings. The molecule has 0 aliphatic carbocycles. The molecule has 1 amide bonds. The van der Waals surface area contributed by atoms with Crippen molar-refractivity contribution in [1.29, 1.82) is 0 Å². The zero-order valence-corrected chi connectivity index (χ0v) is 8.50. The van der Waals surface area contributed by atoms with Crippen molar-refractivity contribution < 1.29 is 9.90 Å². The van der Waals surface area contributed by atoms with Crippen molar-refractivity contribution in [3.63, 3.8) is 0 Å². The Kier molecular flexibility index (Phi) is 2.93. The maximum Gasteiger partial charge on any atom is 0.234 e. The molecule has 0 unspecified atom stereocenters. The van der Waals surface area contributed by atoms with E-state index in [1.807, 2.05) is 18.7 Å². The average Bonchev–Trinajstić information content (AvgIpc) is 1.79. The highest BCUT2D eigenvalue weighted by atomic mass is 16.3. The van der Waals surface area contributed by atoms with Crippen LogP contribution in [0.5, 0.6) is 0 Å². The summed E-state index contributed by atoms with van der Waals surface area (Å²) in [6.07, 6.45) is 0. The van der Waals surface area contributed by atoms with Crippen LogP contribution in [0.15, 0.2) is 0 Å². The van der Waals surface area contributed by atoms with Crippen molar-refractivity contribution in [2.24, 2.45) is 0 Å². The smallest absolute Gasteiger partial charge is 0.234 e. The molecule has 76 valence electrons. The van der Waals surface area contributed by atoms with Crippen molar-refractivity contribution in [2.45, 2.75) is 32.4 Å². The van der Waals surface area contributed by atoms with E-state index in [9.17, 15) is 9.90 Å². The minimum Gasteiger partial charge on any atom is -0.388 e. The van der Waals surface area contributed by atoms with Gasteiger partial charge in [0, 0.05) is 19.1 Å². The molecular formula is C9H18N2O2. The SMILES string of the molecule is CC(C)NC(=O)CN1CC(C)(O)C1. The van der Waals surface area contributed by atoms with Gasteiger partial charge in [0.2, 0.25) is 5.91 Å². The maximum absolute atomic E-state index is 11.2. The van der Waals surface area contributed by atoms with Crippen molar-refractivity contribution >= 4 is 5.91 Å². The van der Waals surface area contributed by atoms with Crippen LogP contribution in [0, 0.1) is 0 Å². The van der Waals surface area contributed by atoms with E-state index in [1.165, 1.54) is 0 Å². The van der Waals surface area contributed by atoms with Gasteiger partial charge in [-0.15, -0.1) is 0 Å². The molecule has 1 aliphatic heterocycles. The fraction of sp³-hybridized carbons (Fsp3) is 0.889. The van der Waals surface area contributed by atoms with Crippen LogP contribution < -0.4 is 5.32 Å². The number of nitrogens with zero attached hydrogens (tertiary/aromatic N) is 1. The molecule has 4 nitrogen and oxygen atoms in total. The number of hydrogen-bond donors (Lipinski definition) is 2. The van der Waals surface area contributed by atoms with E-state index in [4.69, 9.17) is 0 Å². The number of aliphatic hydroxyl groups is 1. The largest absolute Gasteiger partial charge is 0.388 e. The van der Waals surface area contributed by atoms with Gasteiger partial charge >= 0.3 is 0 Å². The van der Waals surface area contributed by atoms with Gasteiger partial charge in [-0.05, 0) is 20.8 Å². The van der Waals surface area contributed by atoms with E-state index in [1.54, 1.807) is 6.92 Å². The molecule has 1 saturated heterocycles. The van der Waals surface area contributed by atoms with Gasteiger partial charge in [0.15, 0.2) is 0 Å². The number of carbonyl (C=O) groups is 1. The molecule has 4 heteroatoms. The Morgan fingerprint density at radius 3 is 2.54 bits per heavy atom. The molecule has 2 N–H and O–H groups in total. The molecule has 1 rings (SSSR count). The van der Waals surface area contributed by atoms with Crippen LogP contribution in [-0.4, -0.2) is 47.2 Å². The van der Waals surface area contributed by atoms with E-state index >= 15 is 0 Å². The second-order valence-electron chi connectivity index (χ2n) is 4.36. The summed E-state index contributed by atoms with van der Waals surface area (Å²) in [7, 11) is 0. The standard InChI is InChI=1S/C9H18N2O2/c1-7(2)10-8(12)4-11-5-9(3,13)6-11/h7,13H,4-6H2,1-3H3,(H,10,12). The molecule has 1 heterocycles. The van der Waals surface area contributed by atoms with Crippen LogP contribution >= 0.6 is 0 Å². The molecule has 13 heavy (non-hydrogen) atoms. The lowest BCUT2D eigenvalue weighted by atomic mass is 9.97. The first-order valence-electron chi connectivity index (χ1n) is 4.63. The second kappa shape index (κ2) is 3.64. The van der Waals surface area contributed by atoms with E-state index in [-0.39, 0.29) is 11.9 Å². The molecule has 0 saturated carbocycles. The zero-order valence-electron chi connectivity index (χ0n) is 8.50. The Hall–Kier alpha value is -0.610. The quantitative estimate of drug-likeness (QED) is 0.629. The number of nitrogens with one attached hydrogen (secondary N) is 1. The van der Waals surface area contributed by atoms with E-state index in [0.717, 1.165) is 0 Å². The average molecular weight is 186 g/mol. The Morgan fingerprint density at radius 2 is 2.15 bits per heavy atom. The van der Waals surface area contributed by atoms with Gasteiger partial charge < -0.3 is 10.4 Å². The molecule has 0 aromatic rings. The summed E-state index contributed by atoms with van der Waals surface area (Å²) in [6, 6.07) is 0.189. The summed E-state index contributed by atoms with van der Waals surface area (Å²) < 4.78 is 0. The predicted octanol–water partition coefficient (Wildman–Crippen LogP) is -0.422. The van der Waals surface area contributed by atoms with Crippen molar-refractivity contribution in [2.75, 3.05) is 19.6 Å². The minimum absolute atomic E-state index is 0.0329. The predicted molar refractivity (Wildman–Crippen MR) is 50.3 cm³/mol. The second-order valence-corrected chi connectivity index (χ2v) is 4.36. The number of rotatable bonds is 3. The summed E-state index contributed by atoms with van der Waals surface area (Å²) in [5, 5.41) is 12.2. The minimum atomic E-state index is -0.585. The summed E-state index contributed by atoms with van der Waals surface area (Å²) >= 11 is 0. The third kappa shape index (κ3) is 3.32. The van der Waals surface area contributed by atoms with Gasteiger partial charge in [-0.25, -0.2) is 0 Å². The Morgan fingerprint density at radius 1 is 1.62 bits per heavy atom. The fourth-order valence-electron chi connectivity index (χ4n) is 1.60. The molecule has 0 atom stereocenters. The first kappa shape index (κ1) is 10.5. The topological polar surface area (TPSA) is 52.6 Å². The summed E-state index contributed by atoms with van der Waals surface area (Å²) in [6.45, 7) is 7.24. The summed E-state index contributed by atoms with van der Waals surface area (Å²) in [5.41, 5.74) is -0.585. The monoisotopic (exact) mass is 186 g/mol. The van der Waals surface area contributed by atoms with Gasteiger partial charge in [0.05, 0.1) is 12.1 Å². The van der Waals surface area contributed by atoms with Crippen LogP contribution in [0.2, 0.25) is 0 Å². The fourth-order valence-corrected chi connectivity index (χ4v) is 1.60. The Bertz CT molecular complexity index is 194. The number of carbonyl (C=O) groups excluding carboxylic acids is 1. The molecule has 0 aromatic heterocycles. The highest BCUT2D eigenvalue weighted by molar-refractivity contribution is 5.78. The summed E-state index contributed by atoms with van der Waals surface area (Å²) in [5.74, 6) is 0.0329. The number of β-amino-alcohol motifs (C(OH)–C–C–N with tert-alkyl or cyclic N) is 1. The molecule has 0 radical (unpaired) electrons.